The first-order chi connectivity index (χ1) is 16.3. The summed E-state index contributed by atoms with van der Waals surface area (Å²) in [6, 6.07) is 13.2. The van der Waals surface area contributed by atoms with Crippen molar-refractivity contribution in [1.29, 1.82) is 0 Å². The maximum Gasteiger partial charge on any atom is 0.137 e. The summed E-state index contributed by atoms with van der Waals surface area (Å²) in [7, 11) is 0. The fraction of sp³-hybridized carbons (Fsp3) is 0.645. The van der Waals surface area contributed by atoms with Gasteiger partial charge < -0.3 is 4.74 Å². The molecule has 0 spiro atoms. The van der Waals surface area contributed by atoms with Crippen LogP contribution in [0.4, 0.5) is 0 Å². The maximum absolute atomic E-state index is 5.85. The summed E-state index contributed by atoms with van der Waals surface area (Å²) in [5.41, 5.74) is 3.68. The standard InChI is InChI=1S/C31H47NO/c1-3-5-7-8-10-24-33-30-22-23-31(32-25-30)29-20-18-28(19-21-29)17-16-27-14-12-26(13-15-27)11-9-6-4-2/h18-23,25-27H,3-17,24H2,1-2H3/t26-,27-. The van der Waals surface area contributed by atoms with Crippen LogP contribution in [0.1, 0.15) is 109 Å². The topological polar surface area (TPSA) is 22.1 Å². The van der Waals surface area contributed by atoms with Crippen molar-refractivity contribution >= 4 is 0 Å². The summed E-state index contributed by atoms with van der Waals surface area (Å²) in [6.07, 6.45) is 22.3. The molecule has 3 rings (SSSR count). The molecule has 0 radical (unpaired) electrons. The molecule has 2 heteroatoms. The minimum atomic E-state index is 0.792. The molecule has 0 saturated heterocycles. The van der Waals surface area contributed by atoms with Gasteiger partial charge in [0.2, 0.25) is 0 Å². The molecule has 1 heterocycles. The SMILES string of the molecule is CCCCCCCOc1ccc(-c2ccc(CC[C@H]3CC[C@H](CCCCC)CC3)cc2)nc1. The van der Waals surface area contributed by atoms with Crippen molar-refractivity contribution < 1.29 is 4.74 Å². The lowest BCUT2D eigenvalue weighted by Crippen LogP contribution is -2.15. The molecule has 0 unspecified atom stereocenters. The number of nitrogens with zero attached hydrogens (tertiary/aromatic N) is 1. The van der Waals surface area contributed by atoms with E-state index in [2.05, 4.69) is 55.2 Å². The second-order valence-corrected chi connectivity index (χ2v) is 10.3. The van der Waals surface area contributed by atoms with E-state index in [1.807, 2.05) is 6.20 Å². The Kier molecular flexibility index (Phi) is 11.8. The highest BCUT2D eigenvalue weighted by Gasteiger charge is 2.20. The molecule has 1 saturated carbocycles. The lowest BCUT2D eigenvalue weighted by atomic mass is 9.78. The van der Waals surface area contributed by atoms with E-state index in [9.17, 15) is 0 Å². The fourth-order valence-corrected chi connectivity index (χ4v) is 5.24. The van der Waals surface area contributed by atoms with Gasteiger partial charge in [0.15, 0.2) is 0 Å². The zero-order chi connectivity index (χ0) is 23.1. The summed E-state index contributed by atoms with van der Waals surface area (Å²) in [5.74, 6) is 2.83. The number of unbranched alkanes of at least 4 members (excludes halogenated alkanes) is 6. The summed E-state index contributed by atoms with van der Waals surface area (Å²) >= 11 is 0. The molecular weight excluding hydrogens is 402 g/mol. The molecule has 0 aliphatic heterocycles. The van der Waals surface area contributed by atoms with Crippen LogP contribution >= 0.6 is 0 Å². The van der Waals surface area contributed by atoms with Gasteiger partial charge >= 0.3 is 0 Å². The van der Waals surface area contributed by atoms with Crippen LogP contribution in [-0.2, 0) is 6.42 Å². The molecule has 2 nitrogen and oxygen atoms in total. The van der Waals surface area contributed by atoms with Crippen LogP contribution in [0.5, 0.6) is 5.75 Å². The number of pyridine rings is 1. The van der Waals surface area contributed by atoms with E-state index in [1.54, 1.807) is 0 Å². The largest absolute Gasteiger partial charge is 0.492 e. The second-order valence-electron chi connectivity index (χ2n) is 10.3. The Morgan fingerprint density at radius 3 is 2.06 bits per heavy atom. The van der Waals surface area contributed by atoms with Gasteiger partial charge in [-0.2, -0.15) is 0 Å². The molecule has 1 fully saturated rings. The minimum Gasteiger partial charge on any atom is -0.492 e. The van der Waals surface area contributed by atoms with Crippen LogP contribution < -0.4 is 4.74 Å². The van der Waals surface area contributed by atoms with Crippen molar-refractivity contribution in [3.63, 3.8) is 0 Å². The monoisotopic (exact) mass is 449 g/mol. The number of aromatic nitrogens is 1. The van der Waals surface area contributed by atoms with E-state index < -0.39 is 0 Å². The number of hydrogen-bond acceptors (Lipinski definition) is 2. The van der Waals surface area contributed by atoms with Crippen molar-refractivity contribution in [2.24, 2.45) is 11.8 Å². The smallest absolute Gasteiger partial charge is 0.137 e. The third kappa shape index (κ3) is 9.51. The average molecular weight is 450 g/mol. The lowest BCUT2D eigenvalue weighted by molar-refractivity contribution is 0.249. The molecule has 0 bridgehead atoms. The first kappa shape index (κ1) is 25.8. The third-order valence-electron chi connectivity index (χ3n) is 7.53. The van der Waals surface area contributed by atoms with Crippen molar-refractivity contribution in [3.05, 3.63) is 48.2 Å². The van der Waals surface area contributed by atoms with Crippen LogP contribution in [0.2, 0.25) is 0 Å². The van der Waals surface area contributed by atoms with Crippen LogP contribution in [-0.4, -0.2) is 11.6 Å². The van der Waals surface area contributed by atoms with Gasteiger partial charge in [-0.1, -0.05) is 115 Å². The Labute approximate surface area is 203 Å². The highest BCUT2D eigenvalue weighted by molar-refractivity contribution is 5.59. The van der Waals surface area contributed by atoms with Gasteiger partial charge in [-0.05, 0) is 48.8 Å². The van der Waals surface area contributed by atoms with E-state index >= 15 is 0 Å². The zero-order valence-electron chi connectivity index (χ0n) is 21.4. The average Bonchev–Trinajstić information content (AvgIpc) is 2.86. The number of ether oxygens (including phenoxy) is 1. The highest BCUT2D eigenvalue weighted by atomic mass is 16.5. The molecule has 1 aromatic heterocycles. The number of hydrogen-bond donors (Lipinski definition) is 0. The van der Waals surface area contributed by atoms with E-state index in [1.165, 1.54) is 101 Å². The van der Waals surface area contributed by atoms with Crippen molar-refractivity contribution in [1.82, 2.24) is 4.98 Å². The molecule has 0 amide bonds. The van der Waals surface area contributed by atoms with Crippen molar-refractivity contribution in [2.45, 2.75) is 110 Å². The van der Waals surface area contributed by atoms with Gasteiger partial charge in [-0.15, -0.1) is 0 Å². The zero-order valence-corrected chi connectivity index (χ0v) is 21.4. The van der Waals surface area contributed by atoms with Gasteiger partial charge in [0.25, 0.3) is 0 Å². The predicted molar refractivity (Wildman–Crippen MR) is 142 cm³/mol. The van der Waals surface area contributed by atoms with Gasteiger partial charge in [0, 0.05) is 5.56 Å². The third-order valence-corrected chi connectivity index (χ3v) is 7.53. The highest BCUT2D eigenvalue weighted by Crippen LogP contribution is 2.34. The molecular formula is C31H47NO. The van der Waals surface area contributed by atoms with Crippen molar-refractivity contribution in [2.75, 3.05) is 6.61 Å². The first-order valence-corrected chi connectivity index (χ1v) is 14.0. The quantitative estimate of drug-likeness (QED) is 0.253. The summed E-state index contributed by atoms with van der Waals surface area (Å²) in [5, 5.41) is 0. The molecule has 33 heavy (non-hydrogen) atoms. The normalized spacial score (nSPS) is 18.4. The molecule has 1 aliphatic carbocycles. The predicted octanol–water partition coefficient (Wildman–Crippen LogP) is 9.42. The van der Waals surface area contributed by atoms with E-state index in [-0.39, 0.29) is 0 Å². The fourth-order valence-electron chi connectivity index (χ4n) is 5.24. The number of aryl methyl sites for hydroxylation is 1. The lowest BCUT2D eigenvalue weighted by Gasteiger charge is -2.28. The first-order valence-electron chi connectivity index (χ1n) is 14.0. The van der Waals surface area contributed by atoms with E-state index in [4.69, 9.17) is 4.74 Å². The summed E-state index contributed by atoms with van der Waals surface area (Å²) in [4.78, 5) is 4.64. The Balaban J connectivity index is 1.36. The van der Waals surface area contributed by atoms with Crippen LogP contribution in [0.3, 0.4) is 0 Å². The molecule has 1 aromatic carbocycles. The molecule has 2 aromatic rings. The van der Waals surface area contributed by atoms with Crippen LogP contribution in [0.25, 0.3) is 11.3 Å². The van der Waals surface area contributed by atoms with Crippen LogP contribution in [0, 0.1) is 11.8 Å². The van der Waals surface area contributed by atoms with Gasteiger partial charge in [-0.3, -0.25) is 4.98 Å². The molecule has 182 valence electrons. The van der Waals surface area contributed by atoms with E-state index in [0.29, 0.717) is 0 Å². The van der Waals surface area contributed by atoms with Gasteiger partial charge in [-0.25, -0.2) is 0 Å². The van der Waals surface area contributed by atoms with Gasteiger partial charge in [0.1, 0.15) is 5.75 Å². The van der Waals surface area contributed by atoms with Gasteiger partial charge in [0.05, 0.1) is 18.5 Å². The summed E-state index contributed by atoms with van der Waals surface area (Å²) in [6.45, 7) is 5.35. The van der Waals surface area contributed by atoms with Crippen molar-refractivity contribution in [3.8, 4) is 17.0 Å². The van der Waals surface area contributed by atoms with E-state index in [0.717, 1.165) is 36.3 Å². The molecule has 1 aliphatic rings. The number of rotatable bonds is 15. The Bertz CT molecular complexity index is 743. The Hall–Kier alpha value is -1.83. The number of benzene rings is 1. The molecule has 0 N–H and O–H groups in total. The minimum absolute atomic E-state index is 0.792. The van der Waals surface area contributed by atoms with Crippen LogP contribution in [0.15, 0.2) is 42.6 Å². The Morgan fingerprint density at radius 1 is 0.727 bits per heavy atom. The molecule has 0 atom stereocenters. The second kappa shape index (κ2) is 15.1. The Morgan fingerprint density at radius 2 is 1.39 bits per heavy atom. The maximum atomic E-state index is 5.85. The summed E-state index contributed by atoms with van der Waals surface area (Å²) < 4.78 is 5.85.